The van der Waals surface area contributed by atoms with Crippen LogP contribution in [0.25, 0.3) is 0 Å². The van der Waals surface area contributed by atoms with Gasteiger partial charge in [0.25, 0.3) is 0 Å². The summed E-state index contributed by atoms with van der Waals surface area (Å²) in [6, 6.07) is 14.4. The van der Waals surface area contributed by atoms with Gasteiger partial charge in [0.15, 0.2) is 17.5 Å². The van der Waals surface area contributed by atoms with Crippen molar-refractivity contribution in [2.45, 2.75) is 26.0 Å². The Hall–Kier alpha value is -2.60. The summed E-state index contributed by atoms with van der Waals surface area (Å²) < 4.78 is 19.2. The quantitative estimate of drug-likeness (QED) is 0.384. The zero-order valence-corrected chi connectivity index (χ0v) is 15.2. The van der Waals surface area contributed by atoms with Crippen LogP contribution in [0.2, 0.25) is 0 Å². The van der Waals surface area contributed by atoms with Crippen molar-refractivity contribution in [2.75, 3.05) is 20.2 Å². The van der Waals surface area contributed by atoms with Crippen LogP contribution in [0.4, 0.5) is 4.39 Å². The van der Waals surface area contributed by atoms with Crippen molar-refractivity contribution >= 4 is 5.96 Å². The second kappa shape index (κ2) is 10.4. The summed E-state index contributed by atoms with van der Waals surface area (Å²) >= 11 is 0. The van der Waals surface area contributed by atoms with Gasteiger partial charge in [0.2, 0.25) is 0 Å². The average molecular weight is 359 g/mol. The molecule has 2 aromatic carbocycles. The van der Waals surface area contributed by atoms with Gasteiger partial charge in [0.05, 0.1) is 6.10 Å². The lowest BCUT2D eigenvalue weighted by atomic mass is 10.1. The highest BCUT2D eigenvalue weighted by atomic mass is 19.1. The van der Waals surface area contributed by atoms with Crippen LogP contribution < -0.4 is 10.6 Å². The number of nitrogens with one attached hydrogen (secondary N) is 2. The van der Waals surface area contributed by atoms with E-state index in [2.05, 4.69) is 27.8 Å². The number of aromatic hydroxyl groups is 1. The lowest BCUT2D eigenvalue weighted by Crippen LogP contribution is -2.37. The van der Waals surface area contributed by atoms with Crippen LogP contribution in [0.3, 0.4) is 0 Å². The Morgan fingerprint density at radius 2 is 1.96 bits per heavy atom. The number of halogens is 1. The summed E-state index contributed by atoms with van der Waals surface area (Å²) in [5.41, 5.74) is 1.89. The maximum Gasteiger partial charge on any atom is 0.191 e. The van der Waals surface area contributed by atoms with Gasteiger partial charge in [-0.3, -0.25) is 4.99 Å². The minimum atomic E-state index is -0.628. The third-order valence-corrected chi connectivity index (χ3v) is 3.95. The Bertz CT molecular complexity index is 707. The fourth-order valence-corrected chi connectivity index (χ4v) is 2.43. The van der Waals surface area contributed by atoms with Gasteiger partial charge in [-0.15, -0.1) is 0 Å². The van der Waals surface area contributed by atoms with Crippen molar-refractivity contribution in [1.82, 2.24) is 10.6 Å². The van der Waals surface area contributed by atoms with Gasteiger partial charge in [-0.1, -0.05) is 36.4 Å². The summed E-state index contributed by atoms with van der Waals surface area (Å²) in [7, 11) is 1.68. The van der Waals surface area contributed by atoms with E-state index in [1.807, 2.05) is 25.1 Å². The van der Waals surface area contributed by atoms with E-state index >= 15 is 0 Å². The number of aliphatic imine (C=N–C) groups is 1. The maximum atomic E-state index is 13.3. The molecular weight excluding hydrogens is 333 g/mol. The molecule has 2 aromatic rings. The highest BCUT2D eigenvalue weighted by Gasteiger charge is 2.05. The Kier molecular flexibility index (Phi) is 7.89. The van der Waals surface area contributed by atoms with Crippen molar-refractivity contribution < 1.29 is 14.2 Å². The summed E-state index contributed by atoms with van der Waals surface area (Å²) in [5.74, 6) is -0.340. The molecule has 0 spiro atoms. The molecule has 26 heavy (non-hydrogen) atoms. The first-order valence-corrected chi connectivity index (χ1v) is 8.68. The summed E-state index contributed by atoms with van der Waals surface area (Å²) in [6.45, 7) is 3.81. The topological polar surface area (TPSA) is 65.9 Å². The lowest BCUT2D eigenvalue weighted by molar-refractivity contribution is 0.0646. The molecule has 0 aliphatic rings. The summed E-state index contributed by atoms with van der Waals surface area (Å²) in [6.07, 6.45) is 0.907. The number of nitrogens with zero attached hydrogens (tertiary/aromatic N) is 1. The zero-order valence-electron chi connectivity index (χ0n) is 15.2. The van der Waals surface area contributed by atoms with E-state index in [9.17, 15) is 9.50 Å². The standard InChI is InChI=1S/C20H26FN3O2/c1-15(17-7-4-3-5-8-17)26-12-6-11-23-20(22-2)24-14-16-9-10-19(25)18(21)13-16/h3-5,7-10,13,15,25H,6,11-12,14H2,1-2H3,(H2,22,23,24). The van der Waals surface area contributed by atoms with Gasteiger partial charge in [-0.2, -0.15) is 0 Å². The van der Waals surface area contributed by atoms with Crippen LogP contribution in [0.15, 0.2) is 53.5 Å². The minimum Gasteiger partial charge on any atom is -0.505 e. The molecular formula is C20H26FN3O2. The first-order valence-electron chi connectivity index (χ1n) is 8.68. The fraction of sp³-hybridized carbons (Fsp3) is 0.350. The summed E-state index contributed by atoms with van der Waals surface area (Å²) in [4.78, 5) is 4.13. The normalized spacial score (nSPS) is 12.7. The molecule has 1 atom stereocenters. The smallest absolute Gasteiger partial charge is 0.191 e. The molecule has 0 saturated carbocycles. The van der Waals surface area contributed by atoms with Gasteiger partial charge in [0, 0.05) is 26.7 Å². The SMILES string of the molecule is CN=C(NCCCOC(C)c1ccccc1)NCc1ccc(O)c(F)c1. The van der Waals surface area contributed by atoms with Crippen LogP contribution in [0.5, 0.6) is 5.75 Å². The monoisotopic (exact) mass is 359 g/mol. The number of hydrogen-bond donors (Lipinski definition) is 3. The first-order chi connectivity index (χ1) is 12.6. The van der Waals surface area contributed by atoms with Crippen molar-refractivity contribution in [2.24, 2.45) is 4.99 Å². The molecule has 3 N–H and O–H groups in total. The summed E-state index contributed by atoms with van der Waals surface area (Å²) in [5, 5.41) is 15.5. The number of rotatable bonds is 8. The molecule has 0 fully saturated rings. The second-order valence-electron chi connectivity index (χ2n) is 5.92. The van der Waals surface area contributed by atoms with E-state index < -0.39 is 5.82 Å². The zero-order chi connectivity index (χ0) is 18.8. The number of phenolic OH excluding ortho intramolecular Hbond substituents is 1. The van der Waals surface area contributed by atoms with E-state index in [0.29, 0.717) is 25.7 Å². The third-order valence-electron chi connectivity index (χ3n) is 3.95. The molecule has 5 nitrogen and oxygen atoms in total. The average Bonchev–Trinajstić information content (AvgIpc) is 2.67. The van der Waals surface area contributed by atoms with Crippen molar-refractivity contribution in [3.8, 4) is 5.75 Å². The van der Waals surface area contributed by atoms with E-state index in [-0.39, 0.29) is 11.9 Å². The van der Waals surface area contributed by atoms with Crippen LogP contribution >= 0.6 is 0 Å². The van der Waals surface area contributed by atoms with Crippen LogP contribution in [0, 0.1) is 5.82 Å². The molecule has 6 heteroatoms. The Balaban J connectivity index is 1.65. The fourth-order valence-electron chi connectivity index (χ4n) is 2.43. The van der Waals surface area contributed by atoms with Crippen molar-refractivity contribution in [1.29, 1.82) is 0 Å². The first kappa shape index (κ1) is 19.7. The van der Waals surface area contributed by atoms with Crippen LogP contribution in [-0.2, 0) is 11.3 Å². The molecule has 0 bridgehead atoms. The molecule has 0 saturated heterocycles. The van der Waals surface area contributed by atoms with Gasteiger partial charge in [-0.25, -0.2) is 4.39 Å². The number of ether oxygens (including phenoxy) is 1. The lowest BCUT2D eigenvalue weighted by Gasteiger charge is -2.15. The van der Waals surface area contributed by atoms with Crippen LogP contribution in [0.1, 0.15) is 30.6 Å². The van der Waals surface area contributed by atoms with Crippen molar-refractivity contribution in [3.63, 3.8) is 0 Å². The van der Waals surface area contributed by atoms with E-state index in [1.54, 1.807) is 13.1 Å². The van der Waals surface area contributed by atoms with Gasteiger partial charge in [0.1, 0.15) is 0 Å². The number of hydrogen-bond acceptors (Lipinski definition) is 3. The highest BCUT2D eigenvalue weighted by molar-refractivity contribution is 5.79. The molecule has 1 unspecified atom stereocenters. The number of benzene rings is 2. The van der Waals surface area contributed by atoms with Crippen molar-refractivity contribution in [3.05, 3.63) is 65.5 Å². The number of guanidine groups is 1. The third kappa shape index (κ3) is 6.37. The molecule has 2 rings (SSSR count). The molecule has 0 amide bonds. The maximum absolute atomic E-state index is 13.3. The van der Waals surface area contributed by atoms with Gasteiger partial charge < -0.3 is 20.5 Å². The van der Waals surface area contributed by atoms with Crippen LogP contribution in [-0.4, -0.2) is 31.3 Å². The molecule has 140 valence electrons. The van der Waals surface area contributed by atoms with Gasteiger partial charge >= 0.3 is 0 Å². The molecule has 0 aliphatic heterocycles. The molecule has 0 aromatic heterocycles. The Labute approximate surface area is 153 Å². The second-order valence-corrected chi connectivity index (χ2v) is 5.92. The number of phenols is 1. The van der Waals surface area contributed by atoms with Gasteiger partial charge in [-0.05, 0) is 36.6 Å². The predicted molar refractivity (Wildman–Crippen MR) is 102 cm³/mol. The molecule has 0 radical (unpaired) electrons. The Morgan fingerprint density at radius 3 is 2.65 bits per heavy atom. The highest BCUT2D eigenvalue weighted by Crippen LogP contribution is 2.16. The largest absolute Gasteiger partial charge is 0.505 e. The predicted octanol–water partition coefficient (Wildman–Crippen LogP) is 3.36. The van der Waals surface area contributed by atoms with E-state index in [0.717, 1.165) is 12.0 Å². The van der Waals surface area contributed by atoms with E-state index in [1.165, 1.54) is 17.7 Å². The molecule has 0 heterocycles. The Morgan fingerprint density at radius 1 is 1.19 bits per heavy atom. The van der Waals surface area contributed by atoms with E-state index in [4.69, 9.17) is 4.74 Å². The molecule has 0 aliphatic carbocycles. The minimum absolute atomic E-state index is 0.0676.